The standard InChI is InChI=1S/C22H17F2N3O3/c1-12-15-5-4-14(29-11-18-17(23)3-2-7-26-18)10-19(15)30-22(28)16(12)9-13-6-8-27-21(25)20(13)24/h2-8,10H,9,11H2,1H3,(H2,25,27). The third-order valence-corrected chi connectivity index (χ3v) is 4.83. The number of benzene rings is 1. The molecule has 0 fully saturated rings. The number of halogens is 2. The fraction of sp³-hybridized carbons (Fsp3) is 0.136. The molecule has 30 heavy (non-hydrogen) atoms. The van der Waals surface area contributed by atoms with E-state index in [1.54, 1.807) is 25.1 Å². The molecule has 0 spiro atoms. The minimum Gasteiger partial charge on any atom is -0.487 e. The van der Waals surface area contributed by atoms with Crippen molar-refractivity contribution in [3.63, 3.8) is 0 Å². The van der Waals surface area contributed by atoms with Gasteiger partial charge >= 0.3 is 5.63 Å². The number of anilines is 1. The number of nitrogens with two attached hydrogens (primary N) is 1. The molecule has 3 aromatic heterocycles. The van der Waals surface area contributed by atoms with Crippen LogP contribution in [-0.2, 0) is 13.0 Å². The fourth-order valence-electron chi connectivity index (χ4n) is 3.17. The predicted octanol–water partition coefficient (Wildman–Crippen LogP) is 3.92. The summed E-state index contributed by atoms with van der Waals surface area (Å²) in [6, 6.07) is 9.25. The first kappa shape index (κ1) is 19.5. The molecule has 4 aromatic rings. The molecule has 0 saturated carbocycles. The first-order chi connectivity index (χ1) is 14.4. The van der Waals surface area contributed by atoms with E-state index in [0.717, 1.165) is 0 Å². The highest BCUT2D eigenvalue weighted by atomic mass is 19.1. The van der Waals surface area contributed by atoms with Crippen molar-refractivity contribution in [2.45, 2.75) is 20.0 Å². The Morgan fingerprint density at radius 3 is 2.77 bits per heavy atom. The lowest BCUT2D eigenvalue weighted by molar-refractivity contribution is 0.294. The molecule has 1 aromatic carbocycles. The number of rotatable bonds is 5. The summed E-state index contributed by atoms with van der Waals surface area (Å²) in [5.74, 6) is -0.937. The van der Waals surface area contributed by atoms with Crippen LogP contribution in [0.25, 0.3) is 11.0 Å². The number of nitrogens with zero attached hydrogens (tertiary/aromatic N) is 2. The molecule has 2 N–H and O–H groups in total. The summed E-state index contributed by atoms with van der Waals surface area (Å²) < 4.78 is 38.9. The van der Waals surface area contributed by atoms with Gasteiger partial charge in [-0.25, -0.2) is 18.6 Å². The molecule has 0 radical (unpaired) electrons. The van der Waals surface area contributed by atoms with Gasteiger partial charge in [0.05, 0.1) is 0 Å². The smallest absolute Gasteiger partial charge is 0.340 e. The molecular formula is C22H17F2N3O3. The second-order valence-corrected chi connectivity index (χ2v) is 6.72. The van der Waals surface area contributed by atoms with Gasteiger partial charge in [-0.15, -0.1) is 0 Å². The number of hydrogen-bond donors (Lipinski definition) is 1. The van der Waals surface area contributed by atoms with E-state index < -0.39 is 17.3 Å². The van der Waals surface area contributed by atoms with E-state index in [1.165, 1.54) is 30.6 Å². The molecule has 0 aliphatic carbocycles. The van der Waals surface area contributed by atoms with E-state index in [9.17, 15) is 13.6 Å². The highest BCUT2D eigenvalue weighted by Crippen LogP contribution is 2.26. The van der Waals surface area contributed by atoms with Gasteiger partial charge in [0, 0.05) is 35.8 Å². The number of aryl methyl sites for hydroxylation is 1. The van der Waals surface area contributed by atoms with Gasteiger partial charge < -0.3 is 14.9 Å². The Morgan fingerprint density at radius 2 is 1.97 bits per heavy atom. The molecule has 0 bridgehead atoms. The fourth-order valence-corrected chi connectivity index (χ4v) is 3.17. The lowest BCUT2D eigenvalue weighted by atomic mass is 10.00. The second-order valence-electron chi connectivity index (χ2n) is 6.72. The summed E-state index contributed by atoms with van der Waals surface area (Å²) in [5.41, 5.74) is 6.67. The summed E-state index contributed by atoms with van der Waals surface area (Å²) in [6.45, 7) is 1.70. The number of aromatic nitrogens is 2. The van der Waals surface area contributed by atoms with Crippen LogP contribution in [0.5, 0.6) is 5.75 Å². The summed E-state index contributed by atoms with van der Waals surface area (Å²) in [7, 11) is 0. The molecule has 0 aliphatic rings. The first-order valence-corrected chi connectivity index (χ1v) is 9.11. The van der Waals surface area contributed by atoms with Gasteiger partial charge in [-0.3, -0.25) is 4.98 Å². The molecule has 8 heteroatoms. The van der Waals surface area contributed by atoms with Gasteiger partial charge in [-0.2, -0.15) is 0 Å². The van der Waals surface area contributed by atoms with E-state index in [2.05, 4.69) is 9.97 Å². The Labute approximate surface area is 170 Å². The lowest BCUT2D eigenvalue weighted by Crippen LogP contribution is -2.12. The average Bonchev–Trinajstić information content (AvgIpc) is 2.73. The number of nitrogen functional groups attached to an aromatic ring is 1. The number of hydrogen-bond acceptors (Lipinski definition) is 6. The average molecular weight is 409 g/mol. The highest BCUT2D eigenvalue weighted by Gasteiger charge is 2.16. The molecule has 0 atom stereocenters. The lowest BCUT2D eigenvalue weighted by Gasteiger charge is -2.11. The second kappa shape index (κ2) is 7.90. The van der Waals surface area contributed by atoms with Crippen LogP contribution in [0.3, 0.4) is 0 Å². The van der Waals surface area contributed by atoms with Crippen molar-refractivity contribution in [2.24, 2.45) is 0 Å². The van der Waals surface area contributed by atoms with Gasteiger partial charge in [0.25, 0.3) is 0 Å². The third kappa shape index (κ3) is 3.71. The Morgan fingerprint density at radius 1 is 1.13 bits per heavy atom. The monoisotopic (exact) mass is 409 g/mol. The zero-order valence-corrected chi connectivity index (χ0v) is 16.0. The summed E-state index contributed by atoms with van der Waals surface area (Å²) >= 11 is 0. The maximum absolute atomic E-state index is 14.2. The van der Waals surface area contributed by atoms with Gasteiger partial charge in [0.1, 0.15) is 29.5 Å². The normalized spacial score (nSPS) is 11.0. The van der Waals surface area contributed by atoms with Crippen molar-refractivity contribution in [1.82, 2.24) is 9.97 Å². The van der Waals surface area contributed by atoms with Crippen molar-refractivity contribution >= 4 is 16.8 Å². The molecular weight excluding hydrogens is 392 g/mol. The molecule has 0 amide bonds. The van der Waals surface area contributed by atoms with Gasteiger partial charge in [-0.1, -0.05) is 0 Å². The quantitative estimate of drug-likeness (QED) is 0.503. The maximum Gasteiger partial charge on any atom is 0.340 e. The highest BCUT2D eigenvalue weighted by molar-refractivity contribution is 5.82. The Balaban J connectivity index is 1.65. The Hall–Kier alpha value is -3.81. The number of ether oxygens (including phenoxy) is 1. The molecule has 6 nitrogen and oxygen atoms in total. The molecule has 0 saturated heterocycles. The Bertz CT molecular complexity index is 1300. The van der Waals surface area contributed by atoms with Crippen molar-refractivity contribution in [3.05, 3.63) is 93.2 Å². The zero-order valence-electron chi connectivity index (χ0n) is 16.0. The van der Waals surface area contributed by atoms with Gasteiger partial charge in [0.15, 0.2) is 11.6 Å². The van der Waals surface area contributed by atoms with E-state index in [0.29, 0.717) is 27.8 Å². The van der Waals surface area contributed by atoms with Crippen LogP contribution < -0.4 is 16.1 Å². The molecule has 3 heterocycles. The van der Waals surface area contributed by atoms with Crippen molar-refractivity contribution in [2.75, 3.05) is 5.73 Å². The summed E-state index contributed by atoms with van der Waals surface area (Å²) in [5, 5.41) is 0.684. The SMILES string of the molecule is Cc1c(Cc2ccnc(N)c2F)c(=O)oc2cc(OCc3ncccc3F)ccc12. The van der Waals surface area contributed by atoms with Crippen LogP contribution in [0.2, 0.25) is 0 Å². The van der Waals surface area contributed by atoms with Crippen LogP contribution in [-0.4, -0.2) is 9.97 Å². The van der Waals surface area contributed by atoms with Crippen molar-refractivity contribution in [3.8, 4) is 5.75 Å². The predicted molar refractivity (Wildman–Crippen MR) is 107 cm³/mol. The minimum absolute atomic E-state index is 0.0276. The van der Waals surface area contributed by atoms with Gasteiger partial charge in [0.2, 0.25) is 0 Å². The van der Waals surface area contributed by atoms with E-state index >= 15 is 0 Å². The van der Waals surface area contributed by atoms with Crippen LogP contribution in [0.1, 0.15) is 22.4 Å². The molecule has 0 unspecified atom stereocenters. The summed E-state index contributed by atoms with van der Waals surface area (Å²) in [6.07, 6.45) is 2.89. The van der Waals surface area contributed by atoms with Gasteiger partial charge in [-0.05, 0) is 48.4 Å². The zero-order chi connectivity index (χ0) is 21.3. The Kier molecular flexibility index (Phi) is 5.14. The molecule has 152 valence electrons. The van der Waals surface area contributed by atoms with Crippen molar-refractivity contribution < 1.29 is 17.9 Å². The number of fused-ring (bicyclic) bond motifs is 1. The molecule has 0 aliphatic heterocycles. The maximum atomic E-state index is 14.2. The van der Waals surface area contributed by atoms with Crippen LogP contribution in [0.15, 0.2) is 58.0 Å². The third-order valence-electron chi connectivity index (χ3n) is 4.83. The van der Waals surface area contributed by atoms with Crippen LogP contribution >= 0.6 is 0 Å². The summed E-state index contributed by atoms with van der Waals surface area (Å²) in [4.78, 5) is 20.2. The minimum atomic E-state index is -0.651. The van der Waals surface area contributed by atoms with Crippen LogP contribution in [0.4, 0.5) is 14.6 Å². The van der Waals surface area contributed by atoms with Crippen LogP contribution in [0, 0.1) is 18.6 Å². The first-order valence-electron chi connectivity index (χ1n) is 9.11. The van der Waals surface area contributed by atoms with E-state index in [-0.39, 0.29) is 30.1 Å². The molecule has 4 rings (SSSR count). The van der Waals surface area contributed by atoms with Crippen molar-refractivity contribution in [1.29, 1.82) is 0 Å². The topological polar surface area (TPSA) is 91.2 Å². The largest absolute Gasteiger partial charge is 0.487 e. The van der Waals surface area contributed by atoms with E-state index in [1.807, 2.05) is 0 Å². The van der Waals surface area contributed by atoms with E-state index in [4.69, 9.17) is 14.9 Å². The number of pyridine rings is 2.